The molecule has 3 N–H and O–H groups in total. The maximum absolute atomic E-state index is 11.6. The van der Waals surface area contributed by atoms with Gasteiger partial charge in [-0.3, -0.25) is 4.79 Å². The highest BCUT2D eigenvalue weighted by molar-refractivity contribution is 7.99. The van der Waals surface area contributed by atoms with E-state index < -0.39 is 0 Å². The van der Waals surface area contributed by atoms with E-state index in [2.05, 4.69) is 16.9 Å². The highest BCUT2D eigenvalue weighted by Gasteiger charge is 2.20. The van der Waals surface area contributed by atoms with E-state index >= 15 is 0 Å². The maximum atomic E-state index is 11.6. The molecule has 4 nitrogen and oxygen atoms in total. The van der Waals surface area contributed by atoms with E-state index in [4.69, 9.17) is 5.73 Å². The van der Waals surface area contributed by atoms with Crippen LogP contribution in [0.2, 0.25) is 0 Å². The second-order valence-corrected chi connectivity index (χ2v) is 6.24. The molecule has 1 aliphatic rings. The lowest BCUT2D eigenvalue weighted by molar-refractivity contribution is 0.450. The topological polar surface area (TPSA) is 71.8 Å². The van der Waals surface area contributed by atoms with Crippen molar-refractivity contribution in [3.05, 3.63) is 22.1 Å². The van der Waals surface area contributed by atoms with Crippen LogP contribution >= 0.6 is 11.8 Å². The van der Waals surface area contributed by atoms with E-state index in [1.807, 2.05) is 0 Å². The Morgan fingerprint density at radius 3 is 2.83 bits per heavy atom. The first-order valence-corrected chi connectivity index (χ1v) is 7.58. The molecular weight excluding hydrogens is 246 g/mol. The quantitative estimate of drug-likeness (QED) is 0.819. The number of aryl methyl sites for hydroxylation is 1. The zero-order chi connectivity index (χ0) is 13.0. The van der Waals surface area contributed by atoms with Crippen LogP contribution < -0.4 is 11.3 Å². The highest BCUT2D eigenvalue weighted by atomic mass is 32.2. The number of aromatic amines is 1. The summed E-state index contributed by atoms with van der Waals surface area (Å²) in [4.78, 5) is 18.9. The Morgan fingerprint density at radius 2 is 2.17 bits per heavy atom. The van der Waals surface area contributed by atoms with Crippen LogP contribution in [0.3, 0.4) is 0 Å². The average molecular weight is 267 g/mol. The van der Waals surface area contributed by atoms with Crippen molar-refractivity contribution in [3.63, 3.8) is 0 Å². The molecule has 1 aromatic rings. The molecule has 18 heavy (non-hydrogen) atoms. The predicted octanol–water partition coefficient (Wildman–Crippen LogP) is 2.08. The van der Waals surface area contributed by atoms with Gasteiger partial charge in [0.15, 0.2) is 5.16 Å². The minimum atomic E-state index is -0.0385. The van der Waals surface area contributed by atoms with Crippen molar-refractivity contribution in [2.45, 2.75) is 61.9 Å². The molecule has 1 fully saturated rings. The molecule has 0 spiro atoms. The molecule has 0 radical (unpaired) electrons. The van der Waals surface area contributed by atoms with Gasteiger partial charge in [-0.2, -0.15) is 0 Å². The average Bonchev–Trinajstić information content (AvgIpc) is 2.32. The SMILES string of the molecule is CCCc1cc(=O)[nH]c(SC2CCC(N)CC2)n1. The van der Waals surface area contributed by atoms with Crippen molar-refractivity contribution in [2.75, 3.05) is 0 Å². The summed E-state index contributed by atoms with van der Waals surface area (Å²) in [6.07, 6.45) is 6.28. The summed E-state index contributed by atoms with van der Waals surface area (Å²) in [6, 6.07) is 1.96. The largest absolute Gasteiger partial charge is 0.328 e. The molecule has 0 amide bonds. The molecule has 0 atom stereocenters. The third-order valence-corrected chi connectivity index (χ3v) is 4.50. The van der Waals surface area contributed by atoms with Gasteiger partial charge >= 0.3 is 0 Å². The van der Waals surface area contributed by atoms with Crippen LogP contribution in [0.5, 0.6) is 0 Å². The van der Waals surface area contributed by atoms with E-state index in [-0.39, 0.29) is 5.56 Å². The molecule has 0 aromatic carbocycles. The van der Waals surface area contributed by atoms with E-state index in [9.17, 15) is 4.79 Å². The fourth-order valence-electron chi connectivity index (χ4n) is 2.29. The predicted molar refractivity (Wildman–Crippen MR) is 74.9 cm³/mol. The summed E-state index contributed by atoms with van der Waals surface area (Å²) in [5.41, 5.74) is 6.76. The van der Waals surface area contributed by atoms with Crippen molar-refractivity contribution in [2.24, 2.45) is 5.73 Å². The van der Waals surface area contributed by atoms with E-state index in [1.54, 1.807) is 17.8 Å². The lowest BCUT2D eigenvalue weighted by atomic mass is 9.96. The maximum Gasteiger partial charge on any atom is 0.251 e. The van der Waals surface area contributed by atoms with Gasteiger partial charge in [0.05, 0.1) is 0 Å². The summed E-state index contributed by atoms with van der Waals surface area (Å²) in [7, 11) is 0. The molecule has 5 heteroatoms. The van der Waals surface area contributed by atoms with Crippen molar-refractivity contribution >= 4 is 11.8 Å². The first-order valence-electron chi connectivity index (χ1n) is 6.70. The summed E-state index contributed by atoms with van der Waals surface area (Å²) in [5, 5.41) is 1.32. The summed E-state index contributed by atoms with van der Waals surface area (Å²) in [6.45, 7) is 2.10. The van der Waals surface area contributed by atoms with Gasteiger partial charge < -0.3 is 10.7 Å². The number of hydrogen-bond donors (Lipinski definition) is 2. The number of aromatic nitrogens is 2. The fraction of sp³-hybridized carbons (Fsp3) is 0.692. The Kier molecular flexibility index (Phi) is 4.83. The number of thioether (sulfide) groups is 1. The minimum Gasteiger partial charge on any atom is -0.328 e. The normalized spacial score (nSPS) is 24.1. The highest BCUT2D eigenvalue weighted by Crippen LogP contribution is 2.31. The van der Waals surface area contributed by atoms with Crippen LogP contribution in [0, 0.1) is 0 Å². The number of nitrogens with one attached hydrogen (secondary N) is 1. The Labute approximate surface area is 112 Å². The van der Waals surface area contributed by atoms with E-state index in [1.165, 1.54) is 0 Å². The van der Waals surface area contributed by atoms with Crippen LogP contribution in [-0.4, -0.2) is 21.3 Å². The molecule has 0 unspecified atom stereocenters. The Balaban J connectivity index is 2.02. The van der Waals surface area contributed by atoms with Gasteiger partial charge in [-0.15, -0.1) is 0 Å². The molecule has 1 heterocycles. The van der Waals surface area contributed by atoms with E-state index in [0.717, 1.165) is 49.4 Å². The lowest BCUT2D eigenvalue weighted by Gasteiger charge is -2.24. The zero-order valence-electron chi connectivity index (χ0n) is 10.8. The van der Waals surface area contributed by atoms with Crippen molar-refractivity contribution in [1.82, 2.24) is 9.97 Å². The Hall–Kier alpha value is -0.810. The minimum absolute atomic E-state index is 0.0385. The number of hydrogen-bond acceptors (Lipinski definition) is 4. The molecule has 0 saturated heterocycles. The monoisotopic (exact) mass is 267 g/mol. The number of H-pyrrole nitrogens is 1. The molecule has 0 bridgehead atoms. The fourth-order valence-corrected chi connectivity index (χ4v) is 3.44. The molecule has 1 aromatic heterocycles. The third kappa shape index (κ3) is 3.85. The first-order chi connectivity index (χ1) is 8.67. The third-order valence-electron chi connectivity index (χ3n) is 3.28. The number of nitrogens with zero attached hydrogens (tertiary/aromatic N) is 1. The van der Waals surface area contributed by atoms with Gasteiger partial charge in [-0.05, 0) is 32.1 Å². The number of nitrogens with two attached hydrogens (primary N) is 1. The van der Waals surface area contributed by atoms with Crippen LogP contribution in [0.15, 0.2) is 16.0 Å². The van der Waals surface area contributed by atoms with E-state index in [0.29, 0.717) is 11.3 Å². The molecule has 100 valence electrons. The van der Waals surface area contributed by atoms with Gasteiger partial charge in [0.2, 0.25) is 0 Å². The second kappa shape index (κ2) is 6.38. The lowest BCUT2D eigenvalue weighted by Crippen LogP contribution is -2.27. The summed E-state index contributed by atoms with van der Waals surface area (Å²) < 4.78 is 0. The summed E-state index contributed by atoms with van der Waals surface area (Å²) in [5.74, 6) is 0. The Bertz CT molecular complexity index is 438. The van der Waals surface area contributed by atoms with Gasteiger partial charge in [0.1, 0.15) is 0 Å². The van der Waals surface area contributed by atoms with Crippen molar-refractivity contribution in [3.8, 4) is 0 Å². The van der Waals surface area contributed by atoms with Crippen LogP contribution in [0.1, 0.15) is 44.7 Å². The zero-order valence-corrected chi connectivity index (χ0v) is 11.6. The van der Waals surface area contributed by atoms with Crippen LogP contribution in [0.4, 0.5) is 0 Å². The van der Waals surface area contributed by atoms with Gasteiger partial charge in [0, 0.05) is 23.1 Å². The van der Waals surface area contributed by atoms with Gasteiger partial charge in [-0.1, -0.05) is 25.1 Å². The Morgan fingerprint density at radius 1 is 1.44 bits per heavy atom. The smallest absolute Gasteiger partial charge is 0.251 e. The van der Waals surface area contributed by atoms with Crippen molar-refractivity contribution in [1.29, 1.82) is 0 Å². The molecule has 1 aliphatic carbocycles. The molecule has 1 saturated carbocycles. The van der Waals surface area contributed by atoms with Crippen LogP contribution in [0.25, 0.3) is 0 Å². The van der Waals surface area contributed by atoms with Crippen LogP contribution in [-0.2, 0) is 6.42 Å². The van der Waals surface area contributed by atoms with Gasteiger partial charge in [0.25, 0.3) is 5.56 Å². The molecular formula is C13H21N3OS. The first kappa shape index (κ1) is 13.6. The molecule has 2 rings (SSSR count). The standard InChI is InChI=1S/C13H21N3OS/c1-2-3-10-8-12(17)16-13(15-10)18-11-6-4-9(14)5-7-11/h8-9,11H,2-7,14H2,1H3,(H,15,16,17). The van der Waals surface area contributed by atoms with Gasteiger partial charge in [-0.25, -0.2) is 4.98 Å². The second-order valence-electron chi connectivity index (χ2n) is 4.95. The molecule has 0 aliphatic heterocycles. The van der Waals surface area contributed by atoms with Crippen molar-refractivity contribution < 1.29 is 0 Å². The summed E-state index contributed by atoms with van der Waals surface area (Å²) >= 11 is 1.70. The number of rotatable bonds is 4.